The van der Waals surface area contributed by atoms with Crippen molar-refractivity contribution < 1.29 is 19.2 Å². The van der Waals surface area contributed by atoms with E-state index in [1.807, 2.05) is 60.0 Å². The van der Waals surface area contributed by atoms with E-state index in [0.29, 0.717) is 22.4 Å². The van der Waals surface area contributed by atoms with Crippen LogP contribution < -0.4 is 14.8 Å². The monoisotopic (exact) mass is 505 g/mol. The Morgan fingerprint density at radius 2 is 1.67 bits per heavy atom. The lowest BCUT2D eigenvalue weighted by Crippen LogP contribution is -2.14. The van der Waals surface area contributed by atoms with Crippen molar-refractivity contribution in [3.8, 4) is 17.2 Å². The second-order valence-electron chi connectivity index (χ2n) is 7.67. The number of thioether (sulfide) groups is 1. The van der Waals surface area contributed by atoms with Crippen molar-refractivity contribution >= 4 is 29.0 Å². The Morgan fingerprint density at radius 1 is 1.00 bits per heavy atom. The van der Waals surface area contributed by atoms with Gasteiger partial charge in [0.2, 0.25) is 5.91 Å². The van der Waals surface area contributed by atoms with Crippen molar-refractivity contribution in [3.05, 3.63) is 94.3 Å². The van der Waals surface area contributed by atoms with Crippen LogP contribution in [-0.2, 0) is 11.4 Å². The molecule has 4 rings (SSSR count). The minimum Gasteiger partial charge on any atom is -0.497 e. The van der Waals surface area contributed by atoms with E-state index in [-0.39, 0.29) is 24.0 Å². The number of benzene rings is 3. The molecule has 1 amide bonds. The van der Waals surface area contributed by atoms with Crippen molar-refractivity contribution in [1.82, 2.24) is 14.8 Å². The predicted octanol–water partition coefficient (Wildman–Crippen LogP) is 4.80. The Bertz CT molecular complexity index is 1340. The number of carbonyl (C=O) groups is 1. The number of nitrogens with one attached hydrogen (secondary N) is 1. The number of nitro benzene ring substituents is 1. The topological polar surface area (TPSA) is 121 Å². The summed E-state index contributed by atoms with van der Waals surface area (Å²) in [7, 11) is 1.60. The van der Waals surface area contributed by atoms with E-state index >= 15 is 0 Å². The van der Waals surface area contributed by atoms with E-state index in [0.717, 1.165) is 17.0 Å². The molecule has 1 aromatic heterocycles. The number of nitro groups is 1. The number of hydrogen-bond donors (Lipinski definition) is 1. The number of hydrogen-bond acceptors (Lipinski definition) is 8. The van der Waals surface area contributed by atoms with Crippen molar-refractivity contribution in [3.63, 3.8) is 0 Å². The largest absolute Gasteiger partial charge is 0.497 e. The third kappa shape index (κ3) is 6.19. The van der Waals surface area contributed by atoms with Gasteiger partial charge < -0.3 is 14.8 Å². The zero-order chi connectivity index (χ0) is 25.5. The van der Waals surface area contributed by atoms with Crippen molar-refractivity contribution in [1.29, 1.82) is 0 Å². The third-order valence-electron chi connectivity index (χ3n) is 5.11. The SMILES string of the molecule is COc1ccc(OCc2nnc(SCC(=O)Nc3ccc([N+](=O)[O-])cc3)n2-c2ccc(C)cc2)cc1. The molecular weight excluding hydrogens is 482 g/mol. The molecule has 184 valence electrons. The Kier molecular flexibility index (Phi) is 7.81. The number of nitrogens with zero attached hydrogens (tertiary/aromatic N) is 4. The molecule has 1 heterocycles. The number of aryl methyl sites for hydroxylation is 1. The van der Waals surface area contributed by atoms with E-state index in [1.54, 1.807) is 7.11 Å². The van der Waals surface area contributed by atoms with Gasteiger partial charge in [0.1, 0.15) is 18.1 Å². The lowest BCUT2D eigenvalue weighted by molar-refractivity contribution is -0.384. The summed E-state index contributed by atoms with van der Waals surface area (Å²) in [6.45, 7) is 2.17. The van der Waals surface area contributed by atoms with Crippen molar-refractivity contribution in [2.75, 3.05) is 18.2 Å². The van der Waals surface area contributed by atoms with Gasteiger partial charge in [-0.25, -0.2) is 0 Å². The first-order valence-electron chi connectivity index (χ1n) is 10.9. The van der Waals surface area contributed by atoms with Gasteiger partial charge in [0.15, 0.2) is 11.0 Å². The van der Waals surface area contributed by atoms with Crippen LogP contribution in [0.1, 0.15) is 11.4 Å². The molecule has 36 heavy (non-hydrogen) atoms. The van der Waals surface area contributed by atoms with Crippen LogP contribution in [0.2, 0.25) is 0 Å². The smallest absolute Gasteiger partial charge is 0.269 e. The molecule has 0 spiro atoms. The standard InChI is InChI=1S/C25H23N5O5S/c1-17-3-7-19(8-4-17)29-23(15-35-22-13-11-21(34-2)12-14-22)27-28-25(29)36-16-24(31)26-18-5-9-20(10-6-18)30(32)33/h3-14H,15-16H2,1-2H3,(H,26,31). The van der Waals surface area contributed by atoms with Crippen LogP contribution in [-0.4, -0.2) is 38.5 Å². The predicted molar refractivity (Wildman–Crippen MR) is 136 cm³/mol. The Balaban J connectivity index is 1.47. The lowest BCUT2D eigenvalue weighted by atomic mass is 10.2. The molecule has 0 radical (unpaired) electrons. The molecular formula is C25H23N5O5S. The molecule has 11 heteroatoms. The minimum atomic E-state index is -0.491. The molecule has 0 aliphatic rings. The molecule has 10 nitrogen and oxygen atoms in total. The minimum absolute atomic E-state index is 0.0436. The molecule has 1 N–H and O–H groups in total. The summed E-state index contributed by atoms with van der Waals surface area (Å²) >= 11 is 1.23. The van der Waals surface area contributed by atoms with E-state index in [1.165, 1.54) is 36.0 Å². The highest BCUT2D eigenvalue weighted by Crippen LogP contribution is 2.25. The van der Waals surface area contributed by atoms with Crippen LogP contribution in [0.25, 0.3) is 5.69 Å². The molecule has 4 aromatic rings. The first-order chi connectivity index (χ1) is 17.4. The van der Waals surface area contributed by atoms with Crippen LogP contribution in [0.15, 0.2) is 78.0 Å². The fourth-order valence-electron chi connectivity index (χ4n) is 3.25. The molecule has 0 aliphatic heterocycles. The Hall–Kier alpha value is -4.38. The number of aromatic nitrogens is 3. The summed E-state index contributed by atoms with van der Waals surface area (Å²) in [5, 5.41) is 22.7. The zero-order valence-corrected chi connectivity index (χ0v) is 20.4. The number of anilines is 1. The third-order valence-corrected chi connectivity index (χ3v) is 6.04. The summed E-state index contributed by atoms with van der Waals surface area (Å²) < 4.78 is 12.9. The highest BCUT2D eigenvalue weighted by Gasteiger charge is 2.17. The number of non-ortho nitro benzene ring substituents is 1. The average molecular weight is 506 g/mol. The van der Waals surface area contributed by atoms with Crippen LogP contribution in [0.3, 0.4) is 0 Å². The normalized spacial score (nSPS) is 10.6. The molecule has 0 unspecified atom stereocenters. The number of amides is 1. The molecule has 0 aliphatic carbocycles. The van der Waals surface area contributed by atoms with Crippen molar-refractivity contribution in [2.24, 2.45) is 0 Å². The van der Waals surface area contributed by atoms with Gasteiger partial charge in [0, 0.05) is 23.5 Å². The van der Waals surface area contributed by atoms with E-state index in [2.05, 4.69) is 15.5 Å². The Labute approximate surface area is 211 Å². The van der Waals surface area contributed by atoms with Crippen LogP contribution >= 0.6 is 11.8 Å². The maximum Gasteiger partial charge on any atom is 0.269 e. The summed E-state index contributed by atoms with van der Waals surface area (Å²) in [6.07, 6.45) is 0. The van der Waals surface area contributed by atoms with Gasteiger partial charge in [-0.3, -0.25) is 19.5 Å². The van der Waals surface area contributed by atoms with Gasteiger partial charge in [-0.05, 0) is 55.5 Å². The quantitative estimate of drug-likeness (QED) is 0.185. The molecule has 0 bridgehead atoms. The van der Waals surface area contributed by atoms with E-state index in [9.17, 15) is 14.9 Å². The highest BCUT2D eigenvalue weighted by atomic mass is 32.2. The van der Waals surface area contributed by atoms with Crippen LogP contribution in [0, 0.1) is 17.0 Å². The fraction of sp³-hybridized carbons (Fsp3) is 0.160. The van der Waals surface area contributed by atoms with Gasteiger partial charge in [-0.15, -0.1) is 10.2 Å². The number of ether oxygens (including phenoxy) is 2. The second kappa shape index (κ2) is 11.4. The Morgan fingerprint density at radius 3 is 2.31 bits per heavy atom. The second-order valence-corrected chi connectivity index (χ2v) is 8.62. The summed E-state index contributed by atoms with van der Waals surface area (Å²) in [5.74, 6) is 1.76. The fourth-order valence-corrected chi connectivity index (χ4v) is 4.02. The summed E-state index contributed by atoms with van der Waals surface area (Å²) in [4.78, 5) is 22.8. The number of rotatable bonds is 10. The molecule has 0 fully saturated rings. The molecule has 0 saturated carbocycles. The van der Waals surface area contributed by atoms with Gasteiger partial charge in [0.25, 0.3) is 5.69 Å². The van der Waals surface area contributed by atoms with E-state index in [4.69, 9.17) is 9.47 Å². The van der Waals surface area contributed by atoms with Crippen molar-refractivity contribution in [2.45, 2.75) is 18.7 Å². The number of methoxy groups -OCH3 is 1. The lowest BCUT2D eigenvalue weighted by Gasteiger charge is -2.12. The summed E-state index contributed by atoms with van der Waals surface area (Å²) in [5.41, 5.74) is 2.38. The molecule has 3 aromatic carbocycles. The van der Waals surface area contributed by atoms with Crippen LogP contribution in [0.5, 0.6) is 11.5 Å². The average Bonchev–Trinajstić information content (AvgIpc) is 3.30. The summed E-state index contributed by atoms with van der Waals surface area (Å²) in [6, 6.07) is 20.8. The number of carbonyl (C=O) groups excluding carboxylic acids is 1. The molecule has 0 saturated heterocycles. The maximum absolute atomic E-state index is 12.5. The maximum atomic E-state index is 12.5. The first kappa shape index (κ1) is 24.7. The van der Waals surface area contributed by atoms with Gasteiger partial charge >= 0.3 is 0 Å². The van der Waals surface area contributed by atoms with Gasteiger partial charge in [-0.2, -0.15) is 0 Å². The molecule has 0 atom stereocenters. The van der Waals surface area contributed by atoms with Gasteiger partial charge in [0.05, 0.1) is 17.8 Å². The zero-order valence-electron chi connectivity index (χ0n) is 19.6. The highest BCUT2D eigenvalue weighted by molar-refractivity contribution is 7.99. The van der Waals surface area contributed by atoms with Crippen LogP contribution in [0.4, 0.5) is 11.4 Å². The van der Waals surface area contributed by atoms with Gasteiger partial charge in [-0.1, -0.05) is 29.5 Å². The van der Waals surface area contributed by atoms with E-state index < -0.39 is 4.92 Å². The first-order valence-corrected chi connectivity index (χ1v) is 11.9.